The van der Waals surface area contributed by atoms with Crippen LogP contribution in [0.1, 0.15) is 24.5 Å². The van der Waals surface area contributed by atoms with Crippen LogP contribution >= 0.6 is 23.2 Å². The van der Waals surface area contributed by atoms with Gasteiger partial charge in [0, 0.05) is 11.4 Å². The van der Waals surface area contributed by atoms with E-state index in [1.54, 1.807) is 0 Å². The fourth-order valence-corrected chi connectivity index (χ4v) is 3.06. The maximum absolute atomic E-state index is 15.0. The monoisotopic (exact) mass is 420 g/mol. The Hall–Kier alpha value is -2.82. The summed E-state index contributed by atoms with van der Waals surface area (Å²) in [6.45, 7) is 1.84. The van der Waals surface area contributed by atoms with Crippen LogP contribution in [-0.4, -0.2) is 17.8 Å². The molecule has 1 heterocycles. The van der Waals surface area contributed by atoms with Gasteiger partial charge in [-0.25, -0.2) is 4.39 Å². The number of carbonyl (C=O) groups excluding carboxylic acids is 1. The van der Waals surface area contributed by atoms with Gasteiger partial charge in [0.25, 0.3) is 5.91 Å². The summed E-state index contributed by atoms with van der Waals surface area (Å²) in [6.07, 6.45) is 0.638. The van der Waals surface area contributed by atoms with Crippen molar-refractivity contribution in [3.63, 3.8) is 0 Å². The highest BCUT2D eigenvalue weighted by Crippen LogP contribution is 2.35. The lowest BCUT2D eigenvalue weighted by atomic mass is 10.1. The molecule has 144 valence electrons. The van der Waals surface area contributed by atoms with E-state index in [2.05, 4.69) is 15.8 Å². The molecule has 0 bridgehead atoms. The Kier molecular flexibility index (Phi) is 6.02. The lowest BCUT2D eigenvalue weighted by Crippen LogP contribution is -2.51. The molecule has 0 spiro atoms. The molecule has 3 rings (SSSR count). The number of nitrogens with one attached hydrogen (secondary N) is 2. The molecule has 1 aliphatic rings. The van der Waals surface area contributed by atoms with Gasteiger partial charge in [-0.05, 0) is 36.2 Å². The highest BCUT2D eigenvalue weighted by molar-refractivity contribution is 6.32. The number of halogens is 3. The normalized spacial score (nSPS) is 15.9. The number of hydrogen-bond donors (Lipinski definition) is 2. The molecule has 1 atom stereocenters. The van der Waals surface area contributed by atoms with Crippen LogP contribution in [0.5, 0.6) is 11.5 Å². The number of hydrogen-bond acceptors (Lipinski definition) is 5. The van der Waals surface area contributed by atoms with Gasteiger partial charge in [0.1, 0.15) is 17.6 Å². The van der Waals surface area contributed by atoms with Crippen LogP contribution in [0.15, 0.2) is 35.3 Å². The highest BCUT2D eigenvalue weighted by Gasteiger charge is 2.23. The zero-order valence-corrected chi connectivity index (χ0v) is 16.2. The summed E-state index contributed by atoms with van der Waals surface area (Å²) >= 11 is 12.1. The van der Waals surface area contributed by atoms with Crippen molar-refractivity contribution < 1.29 is 13.9 Å². The minimum atomic E-state index is -0.666. The van der Waals surface area contributed by atoms with Gasteiger partial charge in [-0.3, -0.25) is 20.6 Å². The van der Waals surface area contributed by atoms with Gasteiger partial charge in [-0.1, -0.05) is 36.2 Å². The van der Waals surface area contributed by atoms with E-state index < -0.39 is 11.9 Å². The van der Waals surface area contributed by atoms with Crippen LogP contribution in [0.2, 0.25) is 10.0 Å². The molecule has 0 saturated carbocycles. The lowest BCUT2D eigenvalue weighted by Gasteiger charge is -2.21. The zero-order valence-electron chi connectivity index (χ0n) is 14.7. The fraction of sp³-hybridized carbons (Fsp3) is 0.211. The summed E-state index contributed by atoms with van der Waals surface area (Å²) in [5.74, 6) is -0.471. The Balaban J connectivity index is 1.90. The summed E-state index contributed by atoms with van der Waals surface area (Å²) in [5, 5.41) is 9.38. The Morgan fingerprint density at radius 3 is 2.79 bits per heavy atom. The maximum Gasteiger partial charge on any atom is 0.263 e. The van der Waals surface area contributed by atoms with Gasteiger partial charge in [0.05, 0.1) is 16.7 Å². The molecular formula is C19H15Cl2FN4O2. The number of amidine groups is 1. The van der Waals surface area contributed by atoms with Crippen LogP contribution in [0, 0.1) is 17.1 Å². The first-order valence-corrected chi connectivity index (χ1v) is 9.14. The van der Waals surface area contributed by atoms with Crippen molar-refractivity contribution in [2.75, 3.05) is 0 Å². The largest absolute Gasteiger partial charge is 0.453 e. The third-order valence-corrected chi connectivity index (χ3v) is 4.55. The van der Waals surface area contributed by atoms with E-state index in [1.165, 1.54) is 30.3 Å². The number of ether oxygens (including phenoxy) is 1. The fourth-order valence-electron chi connectivity index (χ4n) is 2.65. The van der Waals surface area contributed by atoms with E-state index in [0.717, 1.165) is 0 Å². The van der Waals surface area contributed by atoms with Crippen LogP contribution in [0.4, 0.5) is 4.39 Å². The third kappa shape index (κ3) is 4.35. The molecule has 0 radical (unpaired) electrons. The van der Waals surface area contributed by atoms with Crippen molar-refractivity contribution in [2.45, 2.75) is 25.8 Å². The van der Waals surface area contributed by atoms with E-state index in [9.17, 15) is 4.79 Å². The molecule has 1 aliphatic heterocycles. The molecule has 2 N–H and O–H groups in total. The number of hydrazine groups is 1. The van der Waals surface area contributed by atoms with Gasteiger partial charge >= 0.3 is 0 Å². The standard InChI is InChI=1S/C19H15Cl2FN4O2/c1-2-15-19(27)26-25-16(24-15)7-11-3-4-14(21)18(17(11)22)28-13-6-10(9-23)5-12(20)8-13/h3-6,8,15H,2,7H2,1H3,(H,24,25)(H,26,27)/t15-/m1/s1. The first-order valence-electron chi connectivity index (χ1n) is 8.39. The second-order valence-corrected chi connectivity index (χ2v) is 6.87. The van der Waals surface area contributed by atoms with E-state index >= 15 is 4.39 Å². The van der Waals surface area contributed by atoms with Crippen molar-refractivity contribution in [1.29, 1.82) is 5.26 Å². The number of carbonyl (C=O) groups is 1. The summed E-state index contributed by atoms with van der Waals surface area (Å²) in [4.78, 5) is 15.9. The maximum atomic E-state index is 15.0. The van der Waals surface area contributed by atoms with Crippen molar-refractivity contribution in [3.8, 4) is 17.6 Å². The predicted molar refractivity (Wildman–Crippen MR) is 104 cm³/mol. The Bertz CT molecular complexity index is 1000. The molecule has 9 heteroatoms. The van der Waals surface area contributed by atoms with Gasteiger partial charge < -0.3 is 4.74 Å². The molecule has 2 aromatic rings. The Morgan fingerprint density at radius 2 is 2.07 bits per heavy atom. The number of aliphatic imine (C=N–C) groups is 1. The van der Waals surface area contributed by atoms with Crippen LogP contribution in [0.3, 0.4) is 0 Å². The quantitative estimate of drug-likeness (QED) is 0.760. The predicted octanol–water partition coefficient (Wildman–Crippen LogP) is 4.15. The first-order chi connectivity index (χ1) is 13.4. The SMILES string of the molecule is CC[C@H]1N=C(Cc2ccc(Cl)c(Oc3cc(Cl)cc(C#N)c3)c2F)NNC1=O. The number of benzene rings is 2. The average Bonchev–Trinajstić information content (AvgIpc) is 2.68. The second kappa shape index (κ2) is 8.46. The smallest absolute Gasteiger partial charge is 0.263 e. The molecule has 1 amide bonds. The van der Waals surface area contributed by atoms with Crippen LogP contribution in [0.25, 0.3) is 0 Å². The van der Waals surface area contributed by atoms with E-state index in [-0.39, 0.29) is 45.0 Å². The number of nitrogens with zero attached hydrogens (tertiary/aromatic N) is 2. The lowest BCUT2D eigenvalue weighted by molar-refractivity contribution is -0.123. The zero-order chi connectivity index (χ0) is 20.3. The summed E-state index contributed by atoms with van der Waals surface area (Å²) in [6, 6.07) is 8.82. The number of amides is 1. The number of rotatable bonds is 5. The van der Waals surface area contributed by atoms with Crippen molar-refractivity contribution in [3.05, 3.63) is 57.3 Å². The Labute approximate surface area is 170 Å². The molecule has 28 heavy (non-hydrogen) atoms. The van der Waals surface area contributed by atoms with Gasteiger partial charge in [0.2, 0.25) is 0 Å². The third-order valence-electron chi connectivity index (χ3n) is 4.04. The van der Waals surface area contributed by atoms with Gasteiger partial charge in [0.15, 0.2) is 11.6 Å². The van der Waals surface area contributed by atoms with Gasteiger partial charge in [-0.15, -0.1) is 0 Å². The first kappa shape index (κ1) is 19.9. The second-order valence-electron chi connectivity index (χ2n) is 6.03. The minimum Gasteiger partial charge on any atom is -0.453 e. The molecule has 6 nitrogen and oxygen atoms in total. The van der Waals surface area contributed by atoms with Crippen molar-refractivity contribution >= 4 is 34.9 Å². The summed E-state index contributed by atoms with van der Waals surface area (Å²) in [5.41, 5.74) is 5.74. The molecule has 0 fully saturated rings. The van der Waals surface area contributed by atoms with Crippen molar-refractivity contribution in [1.82, 2.24) is 10.9 Å². The molecule has 2 aromatic carbocycles. The molecular weight excluding hydrogens is 406 g/mol. The highest BCUT2D eigenvalue weighted by atomic mass is 35.5. The van der Waals surface area contributed by atoms with E-state index in [4.69, 9.17) is 33.2 Å². The van der Waals surface area contributed by atoms with E-state index in [1.807, 2.05) is 13.0 Å². The molecule has 0 unspecified atom stereocenters. The molecule has 0 aromatic heterocycles. The van der Waals surface area contributed by atoms with Gasteiger partial charge in [-0.2, -0.15) is 5.26 Å². The Morgan fingerprint density at radius 1 is 1.29 bits per heavy atom. The van der Waals surface area contributed by atoms with E-state index in [0.29, 0.717) is 12.3 Å². The average molecular weight is 421 g/mol. The summed E-state index contributed by atoms with van der Waals surface area (Å²) in [7, 11) is 0. The van der Waals surface area contributed by atoms with Crippen molar-refractivity contribution in [2.24, 2.45) is 4.99 Å². The topological polar surface area (TPSA) is 86.5 Å². The van der Waals surface area contributed by atoms with Crippen LogP contribution in [-0.2, 0) is 11.2 Å². The minimum absolute atomic E-state index is 0.0676. The molecule has 0 aliphatic carbocycles. The molecule has 0 saturated heterocycles. The summed E-state index contributed by atoms with van der Waals surface area (Å²) < 4.78 is 20.6. The van der Waals surface area contributed by atoms with Crippen LogP contribution < -0.4 is 15.6 Å². The number of nitriles is 1.